The fourth-order valence-electron chi connectivity index (χ4n) is 3.25. The van der Waals surface area contributed by atoms with E-state index in [1.807, 2.05) is 29.7 Å². The Morgan fingerprint density at radius 2 is 2.15 bits per heavy atom. The summed E-state index contributed by atoms with van der Waals surface area (Å²) in [6.07, 6.45) is 6.28. The predicted molar refractivity (Wildman–Crippen MR) is 125 cm³/mol. The van der Waals surface area contributed by atoms with E-state index in [-0.39, 0.29) is 24.0 Å². The number of likely N-dealkylation sites (tertiary alicyclic amines) is 1. The van der Waals surface area contributed by atoms with Crippen LogP contribution in [0.3, 0.4) is 0 Å². The Kier molecular flexibility index (Phi) is 9.47. The largest absolute Gasteiger partial charge is 0.356 e. The molecule has 0 saturated carbocycles. The third kappa shape index (κ3) is 7.03. The minimum atomic E-state index is 0. The molecule has 148 valence electrons. The van der Waals surface area contributed by atoms with Crippen molar-refractivity contribution in [1.82, 2.24) is 20.0 Å². The lowest BCUT2D eigenvalue weighted by Crippen LogP contribution is -2.40. The Hall–Kier alpha value is -1.22. The highest BCUT2D eigenvalue weighted by atomic mass is 127. The quantitative estimate of drug-likeness (QED) is 0.207. The highest BCUT2D eigenvalue weighted by Gasteiger charge is 2.24. The van der Waals surface area contributed by atoms with Gasteiger partial charge in [0, 0.05) is 50.1 Å². The maximum absolute atomic E-state index is 4.47. The van der Waals surface area contributed by atoms with Crippen molar-refractivity contribution in [3.05, 3.63) is 48.3 Å². The van der Waals surface area contributed by atoms with Crippen LogP contribution in [-0.4, -0.2) is 53.1 Å². The van der Waals surface area contributed by atoms with E-state index >= 15 is 0 Å². The van der Waals surface area contributed by atoms with E-state index < -0.39 is 0 Å². The molecular formula is C20H30IN5S. The van der Waals surface area contributed by atoms with Crippen molar-refractivity contribution in [3.8, 4) is 0 Å². The number of nitrogens with zero attached hydrogens (tertiary/aromatic N) is 4. The molecule has 7 heteroatoms. The summed E-state index contributed by atoms with van der Waals surface area (Å²) < 4.78 is 2.01. The van der Waals surface area contributed by atoms with E-state index in [4.69, 9.17) is 0 Å². The van der Waals surface area contributed by atoms with Crippen molar-refractivity contribution in [1.29, 1.82) is 0 Å². The lowest BCUT2D eigenvalue weighted by atomic mass is 10.2. The van der Waals surface area contributed by atoms with Gasteiger partial charge in [-0.1, -0.05) is 18.2 Å². The van der Waals surface area contributed by atoms with Gasteiger partial charge in [-0.3, -0.25) is 9.67 Å². The van der Waals surface area contributed by atoms with Crippen LogP contribution in [0.4, 0.5) is 0 Å². The summed E-state index contributed by atoms with van der Waals surface area (Å²) >= 11 is 1.96. The molecule has 2 aromatic rings. The molecule has 3 rings (SSSR count). The second kappa shape index (κ2) is 11.6. The molecule has 0 aliphatic carbocycles. The Morgan fingerprint density at radius 3 is 2.85 bits per heavy atom. The van der Waals surface area contributed by atoms with Gasteiger partial charge < -0.3 is 10.2 Å². The van der Waals surface area contributed by atoms with Gasteiger partial charge in [-0.2, -0.15) is 5.10 Å². The molecular weight excluding hydrogens is 469 g/mol. The molecule has 1 saturated heterocycles. The van der Waals surface area contributed by atoms with Crippen LogP contribution < -0.4 is 5.32 Å². The van der Waals surface area contributed by atoms with E-state index in [2.05, 4.69) is 63.8 Å². The first-order chi connectivity index (χ1) is 12.7. The number of aromatic nitrogens is 2. The molecule has 0 radical (unpaired) electrons. The van der Waals surface area contributed by atoms with Gasteiger partial charge in [-0.15, -0.1) is 35.7 Å². The zero-order valence-corrected chi connectivity index (χ0v) is 19.3. The molecule has 2 heterocycles. The van der Waals surface area contributed by atoms with Gasteiger partial charge in [0.05, 0.1) is 6.20 Å². The van der Waals surface area contributed by atoms with E-state index in [9.17, 15) is 0 Å². The summed E-state index contributed by atoms with van der Waals surface area (Å²) in [5.74, 6) is 2.94. The Labute approximate surface area is 184 Å². The molecule has 5 nitrogen and oxygen atoms in total. The fourth-order valence-corrected chi connectivity index (χ4v) is 4.30. The average molecular weight is 499 g/mol. The number of benzene rings is 1. The summed E-state index contributed by atoms with van der Waals surface area (Å²) in [5.41, 5.74) is 1.21. The van der Waals surface area contributed by atoms with Crippen LogP contribution in [0, 0.1) is 12.8 Å². The number of guanidine groups is 1. The molecule has 1 fully saturated rings. The van der Waals surface area contributed by atoms with Crippen molar-refractivity contribution in [2.75, 3.05) is 32.4 Å². The second-order valence-electron chi connectivity index (χ2n) is 6.83. The van der Waals surface area contributed by atoms with Crippen LogP contribution in [0.2, 0.25) is 0 Å². The number of thioether (sulfide) groups is 1. The lowest BCUT2D eigenvalue weighted by Gasteiger charge is -2.21. The maximum atomic E-state index is 4.47. The van der Waals surface area contributed by atoms with Crippen LogP contribution in [0.25, 0.3) is 0 Å². The molecule has 1 aromatic heterocycles. The molecule has 1 unspecified atom stereocenters. The number of rotatable bonds is 7. The third-order valence-corrected chi connectivity index (χ3v) is 5.88. The van der Waals surface area contributed by atoms with Crippen molar-refractivity contribution >= 4 is 41.7 Å². The smallest absolute Gasteiger partial charge is 0.193 e. The topological polar surface area (TPSA) is 45.5 Å². The monoisotopic (exact) mass is 499 g/mol. The fraction of sp³-hybridized carbons (Fsp3) is 0.500. The van der Waals surface area contributed by atoms with E-state index in [0.29, 0.717) is 0 Å². The summed E-state index contributed by atoms with van der Waals surface area (Å²) in [6, 6.07) is 10.7. The lowest BCUT2D eigenvalue weighted by molar-refractivity contribution is 0.469. The molecule has 1 aliphatic heterocycles. The standard InChI is InChI=1S/C20H29N5S.HI/c1-17-13-23-25(14-17)11-6-10-22-20(21-2)24-12-9-18(15-24)16-26-19-7-4-3-5-8-19;/h3-5,7-8,13-14,18H,6,9-12,15-16H2,1-2H3,(H,21,22);1H. The van der Waals surface area contributed by atoms with Gasteiger partial charge in [0.2, 0.25) is 0 Å². The molecule has 27 heavy (non-hydrogen) atoms. The zero-order valence-electron chi connectivity index (χ0n) is 16.2. The van der Waals surface area contributed by atoms with Crippen LogP contribution >= 0.6 is 35.7 Å². The molecule has 0 bridgehead atoms. The van der Waals surface area contributed by atoms with Crippen LogP contribution in [0.5, 0.6) is 0 Å². The van der Waals surface area contributed by atoms with Crippen molar-refractivity contribution in [2.45, 2.75) is 31.2 Å². The molecule has 0 spiro atoms. The normalized spacial score (nSPS) is 17.0. The van der Waals surface area contributed by atoms with Crippen LogP contribution in [-0.2, 0) is 6.54 Å². The highest BCUT2D eigenvalue weighted by molar-refractivity contribution is 14.0. The molecule has 1 aliphatic rings. The Balaban J connectivity index is 0.00000261. The summed E-state index contributed by atoms with van der Waals surface area (Å²) in [5, 5.41) is 7.84. The van der Waals surface area contributed by atoms with Crippen LogP contribution in [0.15, 0.2) is 52.6 Å². The number of aryl methyl sites for hydroxylation is 2. The van der Waals surface area contributed by atoms with Gasteiger partial charge in [-0.25, -0.2) is 0 Å². The minimum absolute atomic E-state index is 0. The average Bonchev–Trinajstić information content (AvgIpc) is 3.30. The van der Waals surface area contributed by atoms with Crippen molar-refractivity contribution < 1.29 is 0 Å². The van der Waals surface area contributed by atoms with E-state index in [1.165, 1.54) is 22.6 Å². The summed E-state index contributed by atoms with van der Waals surface area (Å²) in [4.78, 5) is 8.23. The van der Waals surface area contributed by atoms with Gasteiger partial charge in [0.25, 0.3) is 0 Å². The first kappa shape index (κ1) is 22.1. The van der Waals surface area contributed by atoms with Gasteiger partial charge in [0.1, 0.15) is 0 Å². The number of halogens is 1. The second-order valence-corrected chi connectivity index (χ2v) is 7.93. The molecule has 1 atom stereocenters. The van der Waals surface area contributed by atoms with Crippen molar-refractivity contribution in [2.24, 2.45) is 10.9 Å². The number of hydrogen-bond donors (Lipinski definition) is 1. The SMILES string of the molecule is CN=C(NCCCn1cc(C)cn1)N1CCC(CSc2ccccc2)C1.I. The van der Waals surface area contributed by atoms with Crippen LogP contribution in [0.1, 0.15) is 18.4 Å². The van der Waals surface area contributed by atoms with Gasteiger partial charge in [0.15, 0.2) is 5.96 Å². The highest BCUT2D eigenvalue weighted by Crippen LogP contribution is 2.25. The number of nitrogens with one attached hydrogen (secondary N) is 1. The minimum Gasteiger partial charge on any atom is -0.356 e. The van der Waals surface area contributed by atoms with Gasteiger partial charge >= 0.3 is 0 Å². The first-order valence-electron chi connectivity index (χ1n) is 9.37. The Morgan fingerprint density at radius 1 is 1.33 bits per heavy atom. The first-order valence-corrected chi connectivity index (χ1v) is 10.4. The number of aliphatic imine (C=N–C) groups is 1. The molecule has 0 amide bonds. The molecule has 1 N–H and O–H groups in total. The van der Waals surface area contributed by atoms with Gasteiger partial charge in [-0.05, 0) is 43.4 Å². The van der Waals surface area contributed by atoms with E-state index in [0.717, 1.165) is 44.5 Å². The summed E-state index contributed by atoms with van der Waals surface area (Å²) in [7, 11) is 1.88. The maximum Gasteiger partial charge on any atom is 0.193 e. The zero-order chi connectivity index (χ0) is 18.2. The Bertz CT molecular complexity index is 703. The third-order valence-electron chi connectivity index (χ3n) is 4.64. The number of hydrogen-bond acceptors (Lipinski definition) is 3. The van der Waals surface area contributed by atoms with E-state index in [1.54, 1.807) is 0 Å². The summed E-state index contributed by atoms with van der Waals surface area (Å²) in [6.45, 7) is 6.12. The predicted octanol–water partition coefficient (Wildman–Crippen LogP) is 3.89. The van der Waals surface area contributed by atoms with Crippen molar-refractivity contribution in [3.63, 3.8) is 0 Å². The molecule has 1 aromatic carbocycles.